The number of pyridine rings is 1. The van der Waals surface area contributed by atoms with Gasteiger partial charge in [0, 0.05) is 6.20 Å². The van der Waals surface area contributed by atoms with Gasteiger partial charge in [0.1, 0.15) is 0 Å². The number of nitrogens with zero attached hydrogens (tertiary/aromatic N) is 2. The summed E-state index contributed by atoms with van der Waals surface area (Å²) in [6.45, 7) is 2.77. The van der Waals surface area contributed by atoms with Gasteiger partial charge in [-0.05, 0) is 36.3 Å². The van der Waals surface area contributed by atoms with Crippen LogP contribution in [0.5, 0.6) is 0 Å². The summed E-state index contributed by atoms with van der Waals surface area (Å²) in [4.78, 5) is 7.67. The van der Waals surface area contributed by atoms with Gasteiger partial charge in [-0.25, -0.2) is 4.98 Å². The molecule has 2 aromatic heterocycles. The highest BCUT2D eigenvalue weighted by molar-refractivity contribution is 7.71. The summed E-state index contributed by atoms with van der Waals surface area (Å²) in [5.41, 5.74) is 4.26. The summed E-state index contributed by atoms with van der Waals surface area (Å²) in [5.74, 6) is 0. The molecular weight excluding hydrogens is 242 g/mol. The predicted molar refractivity (Wildman–Crippen MR) is 75.2 cm³/mol. The molecule has 3 nitrogen and oxygen atoms in total. The van der Waals surface area contributed by atoms with Crippen LogP contribution in [0.2, 0.25) is 0 Å². The van der Waals surface area contributed by atoms with Crippen molar-refractivity contribution < 1.29 is 0 Å². The van der Waals surface area contributed by atoms with E-state index in [0.717, 1.165) is 23.3 Å². The highest BCUT2D eigenvalue weighted by Crippen LogP contribution is 2.14. The third-order valence-corrected chi connectivity index (χ3v) is 3.25. The van der Waals surface area contributed by atoms with Gasteiger partial charge in [-0.2, -0.15) is 0 Å². The van der Waals surface area contributed by atoms with E-state index in [1.165, 1.54) is 5.56 Å². The van der Waals surface area contributed by atoms with Gasteiger partial charge in [0.25, 0.3) is 0 Å². The predicted octanol–water partition coefficient (Wildman–Crippen LogP) is 3.45. The molecule has 18 heavy (non-hydrogen) atoms. The molecule has 0 saturated carbocycles. The van der Waals surface area contributed by atoms with E-state index in [4.69, 9.17) is 12.2 Å². The topological polar surface area (TPSA) is 33.6 Å². The quantitative estimate of drug-likeness (QED) is 0.712. The van der Waals surface area contributed by atoms with Crippen LogP contribution in [-0.4, -0.2) is 14.5 Å². The highest BCUT2D eigenvalue weighted by atomic mass is 32.1. The third-order valence-electron chi connectivity index (χ3n) is 2.93. The maximum absolute atomic E-state index is 5.36. The van der Waals surface area contributed by atoms with Crippen LogP contribution in [0.1, 0.15) is 11.1 Å². The molecule has 4 heteroatoms. The lowest BCUT2D eigenvalue weighted by Crippen LogP contribution is -2.00. The average Bonchev–Trinajstić information content (AvgIpc) is 2.66. The van der Waals surface area contributed by atoms with Crippen molar-refractivity contribution in [2.75, 3.05) is 0 Å². The van der Waals surface area contributed by atoms with E-state index in [0.29, 0.717) is 4.77 Å². The molecule has 0 atom stereocenters. The van der Waals surface area contributed by atoms with Crippen molar-refractivity contribution in [1.29, 1.82) is 0 Å². The normalized spacial score (nSPS) is 10.9. The fourth-order valence-corrected chi connectivity index (χ4v) is 2.32. The monoisotopic (exact) mass is 255 g/mol. The van der Waals surface area contributed by atoms with E-state index in [9.17, 15) is 0 Å². The molecule has 0 radical (unpaired) electrons. The van der Waals surface area contributed by atoms with E-state index in [-0.39, 0.29) is 0 Å². The average molecular weight is 255 g/mol. The molecule has 0 aliphatic heterocycles. The maximum Gasteiger partial charge on any atom is 0.179 e. The van der Waals surface area contributed by atoms with Gasteiger partial charge < -0.3 is 4.98 Å². The number of nitrogens with one attached hydrogen (secondary N) is 1. The van der Waals surface area contributed by atoms with Crippen LogP contribution in [0, 0.1) is 11.7 Å². The fourth-order valence-electron chi connectivity index (χ4n) is 2.06. The van der Waals surface area contributed by atoms with Crippen LogP contribution < -0.4 is 0 Å². The number of aromatic nitrogens is 3. The van der Waals surface area contributed by atoms with E-state index in [2.05, 4.69) is 28.2 Å². The van der Waals surface area contributed by atoms with Crippen LogP contribution in [0.15, 0.2) is 42.6 Å². The molecular formula is C14H13N3S. The Morgan fingerprint density at radius 2 is 2.06 bits per heavy atom. The molecule has 0 saturated heterocycles. The Kier molecular flexibility index (Phi) is 2.72. The van der Waals surface area contributed by atoms with Gasteiger partial charge in [-0.1, -0.05) is 30.3 Å². The molecule has 0 amide bonds. The molecule has 1 aromatic carbocycles. The Hall–Kier alpha value is -1.94. The second kappa shape index (κ2) is 4.38. The molecule has 0 aliphatic rings. The number of benzene rings is 1. The van der Waals surface area contributed by atoms with Crippen molar-refractivity contribution in [1.82, 2.24) is 14.5 Å². The van der Waals surface area contributed by atoms with Gasteiger partial charge in [-0.15, -0.1) is 0 Å². The number of imidazole rings is 1. The molecule has 1 N–H and O–H groups in total. The summed E-state index contributed by atoms with van der Waals surface area (Å²) >= 11 is 5.36. The Morgan fingerprint density at radius 1 is 1.28 bits per heavy atom. The number of aryl methyl sites for hydroxylation is 1. The summed E-state index contributed by atoms with van der Waals surface area (Å²) in [6.07, 6.45) is 1.87. The van der Waals surface area contributed by atoms with Gasteiger partial charge in [0.15, 0.2) is 10.4 Å². The first-order valence-electron chi connectivity index (χ1n) is 5.83. The van der Waals surface area contributed by atoms with Crippen LogP contribution in [0.4, 0.5) is 0 Å². The number of rotatable bonds is 2. The third kappa shape index (κ3) is 1.95. The fraction of sp³-hybridized carbons (Fsp3) is 0.143. The lowest BCUT2D eigenvalue weighted by Gasteiger charge is -2.03. The molecule has 3 rings (SSSR count). The first-order valence-corrected chi connectivity index (χ1v) is 6.24. The SMILES string of the molecule is Cc1cnc2c(c1)[nH]c(=S)n2Cc1ccccc1. The summed E-state index contributed by atoms with van der Waals surface area (Å²) < 4.78 is 2.74. The highest BCUT2D eigenvalue weighted by Gasteiger charge is 2.06. The van der Waals surface area contributed by atoms with Crippen molar-refractivity contribution >= 4 is 23.4 Å². The van der Waals surface area contributed by atoms with Gasteiger partial charge in [-0.3, -0.25) is 4.57 Å². The van der Waals surface area contributed by atoms with Crippen molar-refractivity contribution in [3.8, 4) is 0 Å². The van der Waals surface area contributed by atoms with Crippen molar-refractivity contribution in [3.63, 3.8) is 0 Å². The van der Waals surface area contributed by atoms with E-state index in [1.54, 1.807) is 0 Å². The minimum atomic E-state index is 0.715. The molecule has 0 fully saturated rings. The molecule has 0 bridgehead atoms. The first-order chi connectivity index (χ1) is 8.74. The van der Waals surface area contributed by atoms with Crippen molar-refractivity contribution in [2.24, 2.45) is 0 Å². The first kappa shape index (κ1) is 11.2. The zero-order valence-electron chi connectivity index (χ0n) is 10.1. The van der Waals surface area contributed by atoms with Crippen molar-refractivity contribution in [2.45, 2.75) is 13.5 Å². The van der Waals surface area contributed by atoms with E-state index >= 15 is 0 Å². The Labute approximate surface area is 110 Å². The Balaban J connectivity index is 2.12. The van der Waals surface area contributed by atoms with Crippen LogP contribution >= 0.6 is 12.2 Å². The lowest BCUT2D eigenvalue weighted by atomic mass is 10.2. The minimum absolute atomic E-state index is 0.715. The van der Waals surface area contributed by atoms with Crippen LogP contribution in [-0.2, 0) is 6.54 Å². The summed E-state index contributed by atoms with van der Waals surface area (Å²) in [5, 5.41) is 0. The Bertz CT molecular complexity index is 741. The number of fused-ring (bicyclic) bond motifs is 1. The smallest absolute Gasteiger partial charge is 0.179 e. The number of H-pyrrole nitrogens is 1. The second-order valence-electron chi connectivity index (χ2n) is 4.39. The molecule has 3 aromatic rings. The number of aromatic amines is 1. The molecule has 0 unspecified atom stereocenters. The van der Waals surface area contributed by atoms with Crippen molar-refractivity contribution in [3.05, 3.63) is 58.5 Å². The maximum atomic E-state index is 5.36. The summed E-state index contributed by atoms with van der Waals surface area (Å²) in [7, 11) is 0. The molecule has 0 spiro atoms. The van der Waals surface area contributed by atoms with Gasteiger partial charge in [0.05, 0.1) is 12.1 Å². The molecule has 0 aliphatic carbocycles. The molecule has 2 heterocycles. The van der Waals surface area contributed by atoms with Gasteiger partial charge >= 0.3 is 0 Å². The van der Waals surface area contributed by atoms with Gasteiger partial charge in [0.2, 0.25) is 0 Å². The van der Waals surface area contributed by atoms with Crippen LogP contribution in [0.3, 0.4) is 0 Å². The van der Waals surface area contributed by atoms with E-state index < -0.39 is 0 Å². The number of hydrogen-bond acceptors (Lipinski definition) is 2. The van der Waals surface area contributed by atoms with Crippen LogP contribution in [0.25, 0.3) is 11.2 Å². The van der Waals surface area contributed by atoms with E-state index in [1.807, 2.05) is 35.9 Å². The molecule has 90 valence electrons. The zero-order valence-corrected chi connectivity index (χ0v) is 10.9. The minimum Gasteiger partial charge on any atom is -0.329 e. The zero-order chi connectivity index (χ0) is 12.5. The standard InChI is InChI=1S/C14H13N3S/c1-10-7-12-13(15-8-10)17(14(18)16-12)9-11-5-3-2-4-6-11/h2-8H,9H2,1H3,(H,16,18). The lowest BCUT2D eigenvalue weighted by molar-refractivity contribution is 0.800. The second-order valence-corrected chi connectivity index (χ2v) is 4.77. The Morgan fingerprint density at radius 3 is 2.83 bits per heavy atom. The number of hydrogen-bond donors (Lipinski definition) is 1. The largest absolute Gasteiger partial charge is 0.329 e. The summed E-state index contributed by atoms with van der Waals surface area (Å²) in [6, 6.07) is 12.3.